The number of allylic oxidation sites excluding steroid dienone is 1. The van der Waals surface area contributed by atoms with E-state index < -0.39 is 12.1 Å². The van der Waals surface area contributed by atoms with Gasteiger partial charge in [0.05, 0.1) is 0 Å². The first-order chi connectivity index (χ1) is 5.07. The zero-order valence-corrected chi connectivity index (χ0v) is 6.96. The second kappa shape index (κ2) is 4.66. The predicted molar refractivity (Wildman–Crippen MR) is 41.0 cm³/mol. The average Bonchev–Trinajstić information content (AvgIpc) is 1.87. The van der Waals surface area contributed by atoms with Crippen molar-refractivity contribution in [2.45, 2.75) is 26.9 Å². The van der Waals surface area contributed by atoms with Gasteiger partial charge < -0.3 is 4.74 Å². The van der Waals surface area contributed by atoms with E-state index in [0.29, 0.717) is 0 Å². The lowest BCUT2D eigenvalue weighted by Crippen LogP contribution is -2.20. The topological polar surface area (TPSA) is 43.4 Å². The monoisotopic (exact) mass is 156 g/mol. The zero-order chi connectivity index (χ0) is 8.85. The Balaban J connectivity index is 3.85. The number of esters is 1. The minimum atomic E-state index is -0.640. The Morgan fingerprint density at radius 1 is 1.45 bits per heavy atom. The number of hydrogen-bond acceptors (Lipinski definition) is 3. The van der Waals surface area contributed by atoms with Gasteiger partial charge in [-0.3, -0.25) is 4.79 Å². The third-order valence-corrected chi connectivity index (χ3v) is 1.17. The van der Waals surface area contributed by atoms with E-state index in [1.165, 1.54) is 13.0 Å². The average molecular weight is 156 g/mol. The Labute approximate surface area is 66.0 Å². The van der Waals surface area contributed by atoms with Gasteiger partial charge in [0.25, 0.3) is 0 Å². The fourth-order valence-electron chi connectivity index (χ4n) is 0.433. The van der Waals surface area contributed by atoms with E-state index in [9.17, 15) is 9.59 Å². The molecule has 0 amide bonds. The van der Waals surface area contributed by atoms with Crippen LogP contribution in [0.4, 0.5) is 0 Å². The second-order valence-corrected chi connectivity index (χ2v) is 2.19. The summed E-state index contributed by atoms with van der Waals surface area (Å²) in [6, 6.07) is 0. The van der Waals surface area contributed by atoms with Crippen LogP contribution in [0.5, 0.6) is 0 Å². The van der Waals surface area contributed by atoms with Crippen LogP contribution in [0, 0.1) is 0 Å². The minimum absolute atomic E-state index is 0.150. The second-order valence-electron chi connectivity index (χ2n) is 2.19. The maximum atomic E-state index is 10.7. The van der Waals surface area contributed by atoms with Crippen LogP contribution in [0.15, 0.2) is 12.2 Å². The molecular weight excluding hydrogens is 144 g/mol. The first kappa shape index (κ1) is 9.88. The highest BCUT2D eigenvalue weighted by atomic mass is 16.5. The molecule has 0 bridgehead atoms. The van der Waals surface area contributed by atoms with E-state index in [-0.39, 0.29) is 5.78 Å². The van der Waals surface area contributed by atoms with Gasteiger partial charge in [-0.1, -0.05) is 6.08 Å². The molecule has 0 saturated heterocycles. The van der Waals surface area contributed by atoms with Crippen molar-refractivity contribution in [3.8, 4) is 0 Å². The first-order valence-electron chi connectivity index (χ1n) is 3.41. The van der Waals surface area contributed by atoms with Crippen LogP contribution < -0.4 is 0 Å². The number of Topliss-reactive ketones (excluding diaryl/α,β-unsaturated/α-hetero) is 1. The van der Waals surface area contributed by atoms with E-state index >= 15 is 0 Å². The zero-order valence-electron chi connectivity index (χ0n) is 6.96. The summed E-state index contributed by atoms with van der Waals surface area (Å²) in [7, 11) is 0. The molecule has 0 saturated carbocycles. The van der Waals surface area contributed by atoms with E-state index in [1.807, 2.05) is 0 Å². The summed E-state index contributed by atoms with van der Waals surface area (Å²) in [5, 5.41) is 0. The van der Waals surface area contributed by atoms with Crippen LogP contribution in [-0.4, -0.2) is 17.9 Å². The summed E-state index contributed by atoms with van der Waals surface area (Å²) in [6.07, 6.45) is 2.20. The largest absolute Gasteiger partial charge is 0.452 e. The summed E-state index contributed by atoms with van der Waals surface area (Å²) in [4.78, 5) is 21.3. The molecule has 0 radical (unpaired) electrons. The lowest BCUT2D eigenvalue weighted by molar-refractivity contribution is -0.148. The molecule has 0 aliphatic heterocycles. The highest BCUT2D eigenvalue weighted by Crippen LogP contribution is 1.93. The number of carbonyl (C=O) groups is 2. The van der Waals surface area contributed by atoms with Crippen LogP contribution in [0.3, 0.4) is 0 Å². The van der Waals surface area contributed by atoms with Gasteiger partial charge in [0.15, 0.2) is 11.9 Å². The number of carbonyl (C=O) groups excluding carboxylic acids is 2. The van der Waals surface area contributed by atoms with Gasteiger partial charge in [0.1, 0.15) is 0 Å². The van der Waals surface area contributed by atoms with Crippen LogP contribution in [0.2, 0.25) is 0 Å². The van der Waals surface area contributed by atoms with E-state index in [4.69, 9.17) is 0 Å². The van der Waals surface area contributed by atoms with Gasteiger partial charge in [0, 0.05) is 6.08 Å². The molecule has 1 atom stereocenters. The number of ketones is 1. The van der Waals surface area contributed by atoms with Gasteiger partial charge in [-0.05, 0) is 20.8 Å². The van der Waals surface area contributed by atoms with E-state index in [0.717, 1.165) is 0 Å². The molecule has 0 rings (SSSR count). The summed E-state index contributed by atoms with van der Waals surface area (Å²) >= 11 is 0. The molecule has 62 valence electrons. The van der Waals surface area contributed by atoms with Gasteiger partial charge >= 0.3 is 5.97 Å². The van der Waals surface area contributed by atoms with Gasteiger partial charge in [0.2, 0.25) is 0 Å². The SMILES string of the molecule is C/C=C/C(=O)OC(C)C(C)=O. The Morgan fingerprint density at radius 3 is 2.36 bits per heavy atom. The molecule has 0 aromatic carbocycles. The molecule has 0 aliphatic carbocycles. The molecule has 3 nitrogen and oxygen atoms in total. The number of hydrogen-bond donors (Lipinski definition) is 0. The Morgan fingerprint density at radius 2 is 2.00 bits per heavy atom. The highest BCUT2D eigenvalue weighted by Gasteiger charge is 2.10. The van der Waals surface area contributed by atoms with Crippen molar-refractivity contribution in [2.24, 2.45) is 0 Å². The van der Waals surface area contributed by atoms with Crippen LogP contribution in [-0.2, 0) is 14.3 Å². The van der Waals surface area contributed by atoms with Crippen molar-refractivity contribution in [1.29, 1.82) is 0 Å². The summed E-state index contributed by atoms with van der Waals surface area (Å²) < 4.78 is 4.68. The quantitative estimate of drug-likeness (QED) is 0.453. The van der Waals surface area contributed by atoms with Gasteiger partial charge in [-0.25, -0.2) is 4.79 Å². The van der Waals surface area contributed by atoms with Crippen LogP contribution in [0.25, 0.3) is 0 Å². The molecule has 0 fully saturated rings. The third-order valence-electron chi connectivity index (χ3n) is 1.17. The standard InChI is InChI=1S/C8H12O3/c1-4-5-8(10)11-7(3)6(2)9/h4-5,7H,1-3H3/b5-4+. The van der Waals surface area contributed by atoms with Crippen LogP contribution >= 0.6 is 0 Å². The van der Waals surface area contributed by atoms with Crippen molar-refractivity contribution in [3.05, 3.63) is 12.2 Å². The summed E-state index contributed by atoms with van der Waals surface area (Å²) in [6.45, 7) is 4.64. The Kier molecular flexibility index (Phi) is 4.18. The fraction of sp³-hybridized carbons (Fsp3) is 0.500. The lowest BCUT2D eigenvalue weighted by Gasteiger charge is -2.06. The smallest absolute Gasteiger partial charge is 0.331 e. The molecule has 0 N–H and O–H groups in total. The normalized spacial score (nSPS) is 13.0. The number of ether oxygens (including phenoxy) is 1. The summed E-state index contributed by atoms with van der Waals surface area (Å²) in [5.41, 5.74) is 0. The third kappa shape index (κ3) is 4.31. The first-order valence-corrected chi connectivity index (χ1v) is 3.41. The maximum Gasteiger partial charge on any atom is 0.331 e. The summed E-state index contributed by atoms with van der Waals surface area (Å²) in [5.74, 6) is -0.627. The Bertz CT molecular complexity index is 182. The van der Waals surface area contributed by atoms with Crippen molar-refractivity contribution >= 4 is 11.8 Å². The Hall–Kier alpha value is -1.12. The maximum absolute atomic E-state index is 10.7. The molecule has 0 aromatic rings. The van der Waals surface area contributed by atoms with Crippen molar-refractivity contribution in [3.63, 3.8) is 0 Å². The van der Waals surface area contributed by atoms with E-state index in [2.05, 4.69) is 4.74 Å². The molecule has 0 heterocycles. The van der Waals surface area contributed by atoms with E-state index in [1.54, 1.807) is 19.9 Å². The number of rotatable bonds is 3. The molecule has 11 heavy (non-hydrogen) atoms. The molecule has 0 spiro atoms. The molecule has 3 heteroatoms. The van der Waals surface area contributed by atoms with Crippen molar-refractivity contribution in [1.82, 2.24) is 0 Å². The molecular formula is C8H12O3. The van der Waals surface area contributed by atoms with Crippen molar-refractivity contribution < 1.29 is 14.3 Å². The fourth-order valence-corrected chi connectivity index (χ4v) is 0.433. The van der Waals surface area contributed by atoms with Crippen LogP contribution in [0.1, 0.15) is 20.8 Å². The van der Waals surface area contributed by atoms with Gasteiger partial charge in [-0.2, -0.15) is 0 Å². The van der Waals surface area contributed by atoms with Crippen molar-refractivity contribution in [2.75, 3.05) is 0 Å². The minimum Gasteiger partial charge on any atom is -0.452 e. The molecule has 1 unspecified atom stereocenters. The molecule has 0 aliphatic rings. The lowest BCUT2D eigenvalue weighted by atomic mass is 10.3. The van der Waals surface area contributed by atoms with Gasteiger partial charge in [-0.15, -0.1) is 0 Å². The molecule has 0 aromatic heterocycles. The highest BCUT2D eigenvalue weighted by molar-refractivity contribution is 5.87. The predicted octanol–water partition coefficient (Wildman–Crippen LogP) is 1.08.